The molecule has 3 aromatic rings. The summed E-state index contributed by atoms with van der Waals surface area (Å²) in [5.74, 6) is -3.17. The normalized spacial score (nSPS) is 12.5. The van der Waals surface area contributed by atoms with Gasteiger partial charge in [-0.25, -0.2) is 4.79 Å². The van der Waals surface area contributed by atoms with Gasteiger partial charge in [0.2, 0.25) is 5.91 Å². The molecule has 10 heteroatoms. The number of hydrogen-bond donors (Lipinski definition) is 3. The largest absolute Gasteiger partial charge is 0.480 e. The summed E-state index contributed by atoms with van der Waals surface area (Å²) in [7, 11) is 0. The highest BCUT2D eigenvalue weighted by Crippen LogP contribution is 2.44. The van der Waals surface area contributed by atoms with Crippen LogP contribution in [0.5, 0.6) is 0 Å². The molecule has 40 heavy (non-hydrogen) atoms. The summed E-state index contributed by atoms with van der Waals surface area (Å²) in [5, 5.41) is 20.9. The average Bonchev–Trinajstić information content (AvgIpc) is 3.28. The Morgan fingerprint density at radius 2 is 1.45 bits per heavy atom. The number of hydrogen-bond acceptors (Lipinski definition) is 7. The Kier molecular flexibility index (Phi) is 9.48. The molecule has 0 aliphatic heterocycles. The van der Waals surface area contributed by atoms with E-state index >= 15 is 0 Å². The predicted octanol–water partition coefficient (Wildman–Crippen LogP) is 2.93. The van der Waals surface area contributed by atoms with Gasteiger partial charge in [-0.15, -0.1) is 0 Å². The van der Waals surface area contributed by atoms with Crippen LogP contribution >= 0.6 is 0 Å². The van der Waals surface area contributed by atoms with Crippen molar-refractivity contribution < 1.29 is 38.9 Å². The maximum absolute atomic E-state index is 13.2. The topological polar surface area (TPSA) is 142 Å². The minimum absolute atomic E-state index is 0.0191. The molecule has 0 heterocycles. The van der Waals surface area contributed by atoms with Gasteiger partial charge in [-0.3, -0.25) is 14.4 Å². The third-order valence-corrected chi connectivity index (χ3v) is 6.56. The second-order valence-corrected chi connectivity index (χ2v) is 9.25. The summed E-state index contributed by atoms with van der Waals surface area (Å²) in [6.07, 6.45) is -1.51. The van der Waals surface area contributed by atoms with Crippen molar-refractivity contribution in [1.29, 1.82) is 0 Å². The van der Waals surface area contributed by atoms with Crippen LogP contribution in [0, 0.1) is 0 Å². The number of benzene rings is 3. The second-order valence-electron chi connectivity index (χ2n) is 9.25. The highest BCUT2D eigenvalue weighted by atomic mass is 16.5. The number of carboxylic acids is 1. The highest BCUT2D eigenvalue weighted by molar-refractivity contribution is 5.91. The van der Waals surface area contributed by atoms with E-state index in [0.29, 0.717) is 0 Å². The molecule has 0 saturated heterocycles. The van der Waals surface area contributed by atoms with Gasteiger partial charge in [0.25, 0.3) is 0 Å². The molecule has 0 spiro atoms. The Hall–Kier alpha value is -4.70. The Labute approximate surface area is 231 Å². The number of carbonyl (C=O) groups is 4. The van der Waals surface area contributed by atoms with Gasteiger partial charge in [-0.05, 0) is 27.8 Å². The monoisotopic (exact) mass is 546 g/mol. The minimum atomic E-state index is -1.47. The summed E-state index contributed by atoms with van der Waals surface area (Å²) < 4.78 is 10.8. The summed E-state index contributed by atoms with van der Waals surface area (Å²) in [4.78, 5) is 50.8. The lowest BCUT2D eigenvalue weighted by Gasteiger charge is -2.26. The minimum Gasteiger partial charge on any atom is -0.480 e. The van der Waals surface area contributed by atoms with Crippen molar-refractivity contribution in [1.82, 2.24) is 10.2 Å². The Bertz CT molecular complexity index is 1320. The molecule has 2 amide bonds. The lowest BCUT2D eigenvalue weighted by molar-refractivity contribution is -0.150. The number of aliphatic hydroxyl groups excluding tert-OH is 1. The van der Waals surface area contributed by atoms with Gasteiger partial charge in [-0.2, -0.15) is 0 Å². The van der Waals surface area contributed by atoms with Crippen LogP contribution in [0.1, 0.15) is 29.0 Å². The molecule has 0 radical (unpaired) electrons. The number of ether oxygens (including phenoxy) is 2. The molecule has 0 saturated carbocycles. The zero-order valence-corrected chi connectivity index (χ0v) is 21.7. The first kappa shape index (κ1) is 28.3. The van der Waals surface area contributed by atoms with E-state index in [4.69, 9.17) is 9.47 Å². The molecule has 1 aliphatic rings. The van der Waals surface area contributed by atoms with Crippen molar-refractivity contribution in [3.05, 3.63) is 95.6 Å². The van der Waals surface area contributed by atoms with Crippen LogP contribution in [0.4, 0.5) is 4.79 Å². The standard InChI is InChI=1S/C30H30N2O8/c33-15-14-32(17-27(34)35)29(37)26(16-28(36)39-18-20-8-2-1-3-9-20)31-30(38)40-19-25-23-12-6-4-10-21(23)22-11-5-7-13-24(22)25/h1-13,25-26,33H,14-19H2,(H,31,38)(H,34,35)/t26-/m0/s1. The van der Waals surface area contributed by atoms with E-state index in [1.54, 1.807) is 24.3 Å². The van der Waals surface area contributed by atoms with Crippen LogP contribution in [0.25, 0.3) is 11.1 Å². The molecule has 3 aromatic carbocycles. The molecular formula is C30H30N2O8. The number of nitrogens with zero attached hydrogens (tertiary/aromatic N) is 1. The first-order chi connectivity index (χ1) is 19.4. The highest BCUT2D eigenvalue weighted by Gasteiger charge is 2.32. The van der Waals surface area contributed by atoms with E-state index in [1.807, 2.05) is 54.6 Å². The van der Waals surface area contributed by atoms with Crippen molar-refractivity contribution in [3.8, 4) is 11.1 Å². The molecule has 208 valence electrons. The number of amides is 2. The van der Waals surface area contributed by atoms with Gasteiger partial charge in [0.05, 0.1) is 13.0 Å². The van der Waals surface area contributed by atoms with Gasteiger partial charge in [0.15, 0.2) is 0 Å². The Morgan fingerprint density at radius 3 is 2.05 bits per heavy atom. The van der Waals surface area contributed by atoms with Gasteiger partial charge >= 0.3 is 18.0 Å². The van der Waals surface area contributed by atoms with Gasteiger partial charge < -0.3 is 29.9 Å². The lowest BCUT2D eigenvalue weighted by atomic mass is 9.98. The molecule has 10 nitrogen and oxygen atoms in total. The number of esters is 1. The fourth-order valence-electron chi connectivity index (χ4n) is 4.72. The SMILES string of the molecule is O=C(O)CN(CCO)C(=O)[C@H](CC(=O)OCc1ccccc1)NC(=O)OCC1c2ccccc2-c2ccccc21. The van der Waals surface area contributed by atoms with Crippen LogP contribution in [-0.2, 0) is 30.5 Å². The Balaban J connectivity index is 1.45. The van der Waals surface area contributed by atoms with Crippen molar-refractivity contribution in [2.75, 3.05) is 26.3 Å². The first-order valence-corrected chi connectivity index (χ1v) is 12.8. The van der Waals surface area contributed by atoms with E-state index in [2.05, 4.69) is 5.32 Å². The fraction of sp³-hybridized carbons (Fsp3) is 0.267. The smallest absolute Gasteiger partial charge is 0.407 e. The number of aliphatic hydroxyl groups is 1. The molecule has 0 aromatic heterocycles. The first-order valence-electron chi connectivity index (χ1n) is 12.8. The van der Waals surface area contributed by atoms with Crippen LogP contribution in [0.15, 0.2) is 78.9 Å². The summed E-state index contributed by atoms with van der Waals surface area (Å²) in [6, 6.07) is 23.1. The number of nitrogens with one attached hydrogen (secondary N) is 1. The van der Waals surface area contributed by atoms with Crippen LogP contribution in [-0.4, -0.2) is 71.4 Å². The van der Waals surface area contributed by atoms with Crippen molar-refractivity contribution in [2.24, 2.45) is 0 Å². The summed E-state index contributed by atoms with van der Waals surface area (Å²) in [6.45, 7) is -1.58. The van der Waals surface area contributed by atoms with Gasteiger partial charge in [-0.1, -0.05) is 78.9 Å². The average molecular weight is 547 g/mol. The molecule has 1 atom stereocenters. The van der Waals surface area contributed by atoms with Crippen LogP contribution in [0.2, 0.25) is 0 Å². The van der Waals surface area contributed by atoms with Crippen molar-refractivity contribution in [2.45, 2.75) is 25.0 Å². The number of carbonyl (C=O) groups excluding carboxylic acids is 3. The number of alkyl carbamates (subject to hydrolysis) is 1. The van der Waals surface area contributed by atoms with Crippen LogP contribution in [0.3, 0.4) is 0 Å². The summed E-state index contributed by atoms with van der Waals surface area (Å²) in [5.41, 5.74) is 4.84. The van der Waals surface area contributed by atoms with Gasteiger partial charge in [0.1, 0.15) is 25.8 Å². The molecule has 3 N–H and O–H groups in total. The number of carboxylic acid groups (broad SMARTS) is 1. The van der Waals surface area contributed by atoms with E-state index in [-0.39, 0.29) is 25.7 Å². The maximum atomic E-state index is 13.2. The molecule has 0 bridgehead atoms. The third kappa shape index (κ3) is 7.03. The molecule has 0 fully saturated rings. The molecule has 1 aliphatic carbocycles. The summed E-state index contributed by atoms with van der Waals surface area (Å²) >= 11 is 0. The lowest BCUT2D eigenvalue weighted by Crippen LogP contribution is -2.51. The number of aliphatic carboxylic acids is 1. The zero-order valence-electron chi connectivity index (χ0n) is 21.7. The quantitative estimate of drug-likeness (QED) is 0.295. The third-order valence-electron chi connectivity index (χ3n) is 6.56. The number of rotatable bonds is 12. The fourth-order valence-corrected chi connectivity index (χ4v) is 4.72. The molecule has 0 unspecified atom stereocenters. The zero-order chi connectivity index (χ0) is 28.5. The number of fused-ring (bicyclic) bond motifs is 3. The second kappa shape index (κ2) is 13.4. The maximum Gasteiger partial charge on any atom is 0.407 e. The van der Waals surface area contributed by atoms with E-state index in [0.717, 1.165) is 32.7 Å². The van der Waals surface area contributed by atoms with Gasteiger partial charge in [0, 0.05) is 12.5 Å². The van der Waals surface area contributed by atoms with E-state index in [1.165, 1.54) is 0 Å². The van der Waals surface area contributed by atoms with E-state index in [9.17, 15) is 29.4 Å². The van der Waals surface area contributed by atoms with Crippen LogP contribution < -0.4 is 5.32 Å². The Morgan fingerprint density at radius 1 is 0.850 bits per heavy atom. The molecular weight excluding hydrogens is 516 g/mol. The van der Waals surface area contributed by atoms with Crippen molar-refractivity contribution in [3.63, 3.8) is 0 Å². The molecule has 4 rings (SSSR count). The van der Waals surface area contributed by atoms with Crippen molar-refractivity contribution >= 4 is 23.9 Å². The van der Waals surface area contributed by atoms with E-state index < -0.39 is 49.6 Å². The predicted molar refractivity (Wildman–Crippen MR) is 144 cm³/mol.